The van der Waals surface area contributed by atoms with Crippen molar-refractivity contribution in [2.45, 2.75) is 19.5 Å². The fraction of sp³-hybridized carbons (Fsp3) is 0.571. The van der Waals surface area contributed by atoms with Crippen molar-refractivity contribution in [1.82, 2.24) is 9.80 Å². The van der Waals surface area contributed by atoms with E-state index in [9.17, 15) is 0 Å². The van der Waals surface area contributed by atoms with Crippen LogP contribution in [-0.4, -0.2) is 49.6 Å². The molecule has 1 aromatic carbocycles. The Balaban J connectivity index is 1.99. The van der Waals surface area contributed by atoms with Crippen LogP contribution in [0.3, 0.4) is 0 Å². The summed E-state index contributed by atoms with van der Waals surface area (Å²) in [4.78, 5) is 4.93. The van der Waals surface area contributed by atoms with E-state index >= 15 is 0 Å². The summed E-state index contributed by atoms with van der Waals surface area (Å²) in [5.74, 6) is 0.894. The SMILES string of the molecule is COc1ccc(CN2CCN(C)C(C)C2)cc1Br. The van der Waals surface area contributed by atoms with Crippen molar-refractivity contribution in [3.05, 3.63) is 28.2 Å². The zero-order chi connectivity index (χ0) is 13.1. The number of nitrogens with zero attached hydrogens (tertiary/aromatic N) is 2. The predicted octanol–water partition coefficient (Wildman–Crippen LogP) is 2.59. The van der Waals surface area contributed by atoms with Crippen molar-refractivity contribution in [2.24, 2.45) is 0 Å². The molecule has 4 heteroatoms. The second-order valence-electron chi connectivity index (χ2n) is 5.03. The van der Waals surface area contributed by atoms with Gasteiger partial charge in [0.2, 0.25) is 0 Å². The van der Waals surface area contributed by atoms with Gasteiger partial charge in [0.1, 0.15) is 5.75 Å². The molecule has 0 N–H and O–H groups in total. The van der Waals surface area contributed by atoms with Gasteiger partial charge in [-0.2, -0.15) is 0 Å². The molecule has 1 atom stereocenters. The van der Waals surface area contributed by atoms with Crippen molar-refractivity contribution < 1.29 is 4.74 Å². The largest absolute Gasteiger partial charge is 0.496 e. The van der Waals surface area contributed by atoms with Crippen LogP contribution in [0, 0.1) is 0 Å². The molecule has 18 heavy (non-hydrogen) atoms. The summed E-state index contributed by atoms with van der Waals surface area (Å²) in [6.07, 6.45) is 0. The maximum atomic E-state index is 5.25. The average Bonchev–Trinajstić information content (AvgIpc) is 2.34. The van der Waals surface area contributed by atoms with Gasteiger partial charge in [-0.1, -0.05) is 6.07 Å². The standard InChI is InChI=1S/C14H21BrN2O/c1-11-9-17(7-6-16(11)2)10-12-4-5-14(18-3)13(15)8-12/h4-5,8,11H,6-7,9-10H2,1-3H3. The van der Waals surface area contributed by atoms with Gasteiger partial charge in [-0.25, -0.2) is 0 Å². The zero-order valence-corrected chi connectivity index (χ0v) is 12.9. The minimum Gasteiger partial charge on any atom is -0.496 e. The van der Waals surface area contributed by atoms with Crippen LogP contribution in [0.25, 0.3) is 0 Å². The summed E-state index contributed by atoms with van der Waals surface area (Å²) in [6.45, 7) is 6.74. The summed E-state index contributed by atoms with van der Waals surface area (Å²) in [6, 6.07) is 6.97. The highest BCUT2D eigenvalue weighted by Crippen LogP contribution is 2.26. The van der Waals surface area contributed by atoms with E-state index in [1.807, 2.05) is 6.07 Å². The van der Waals surface area contributed by atoms with Gasteiger partial charge in [-0.15, -0.1) is 0 Å². The van der Waals surface area contributed by atoms with Crippen LogP contribution in [0.1, 0.15) is 12.5 Å². The Morgan fingerprint density at radius 2 is 2.17 bits per heavy atom. The summed E-state index contributed by atoms with van der Waals surface area (Å²) < 4.78 is 6.29. The molecule has 1 saturated heterocycles. The van der Waals surface area contributed by atoms with Crippen LogP contribution in [-0.2, 0) is 6.54 Å². The second-order valence-corrected chi connectivity index (χ2v) is 5.89. The highest BCUT2D eigenvalue weighted by atomic mass is 79.9. The number of ether oxygens (including phenoxy) is 1. The van der Waals surface area contributed by atoms with Crippen LogP contribution in [0.5, 0.6) is 5.75 Å². The maximum absolute atomic E-state index is 5.25. The third-order valence-corrected chi connectivity index (χ3v) is 4.29. The Morgan fingerprint density at radius 3 is 2.78 bits per heavy atom. The smallest absolute Gasteiger partial charge is 0.133 e. The van der Waals surface area contributed by atoms with Crippen molar-refractivity contribution >= 4 is 15.9 Å². The number of piperazine rings is 1. The van der Waals surface area contributed by atoms with Gasteiger partial charge in [0.15, 0.2) is 0 Å². The molecule has 2 rings (SSSR count). The molecular formula is C14H21BrN2O. The van der Waals surface area contributed by atoms with Gasteiger partial charge in [0.25, 0.3) is 0 Å². The second kappa shape index (κ2) is 6.04. The lowest BCUT2D eigenvalue weighted by Crippen LogP contribution is -2.49. The van der Waals surface area contributed by atoms with Gasteiger partial charge in [-0.3, -0.25) is 4.90 Å². The third kappa shape index (κ3) is 3.25. The molecule has 0 spiro atoms. The van der Waals surface area contributed by atoms with Crippen LogP contribution in [0.15, 0.2) is 22.7 Å². The first kappa shape index (κ1) is 13.8. The summed E-state index contributed by atoms with van der Waals surface area (Å²) in [5, 5.41) is 0. The van der Waals surface area contributed by atoms with Gasteiger partial charge in [-0.05, 0) is 47.6 Å². The first-order valence-corrected chi connectivity index (χ1v) is 7.14. The number of hydrogen-bond donors (Lipinski definition) is 0. The highest BCUT2D eigenvalue weighted by molar-refractivity contribution is 9.10. The minimum absolute atomic E-state index is 0.639. The number of methoxy groups -OCH3 is 1. The number of benzene rings is 1. The Labute approximate surface area is 118 Å². The molecule has 3 nitrogen and oxygen atoms in total. The molecule has 1 fully saturated rings. The van der Waals surface area contributed by atoms with Crippen LogP contribution in [0.4, 0.5) is 0 Å². The first-order chi connectivity index (χ1) is 8.60. The molecular weight excluding hydrogens is 292 g/mol. The van der Waals surface area contributed by atoms with Crippen molar-refractivity contribution in [3.8, 4) is 5.75 Å². The van der Waals surface area contributed by atoms with E-state index in [2.05, 4.69) is 51.8 Å². The molecule has 0 aliphatic carbocycles. The molecule has 0 aromatic heterocycles. The van der Waals surface area contributed by atoms with Crippen molar-refractivity contribution in [3.63, 3.8) is 0 Å². The quantitative estimate of drug-likeness (QED) is 0.853. The average molecular weight is 313 g/mol. The molecule has 0 bridgehead atoms. The van der Waals surface area contributed by atoms with Crippen molar-refractivity contribution in [1.29, 1.82) is 0 Å². The number of likely N-dealkylation sites (N-methyl/N-ethyl adjacent to an activating group) is 1. The molecule has 1 heterocycles. The third-order valence-electron chi connectivity index (χ3n) is 3.67. The lowest BCUT2D eigenvalue weighted by molar-refractivity contribution is 0.1000. The Bertz CT molecular complexity index is 411. The molecule has 100 valence electrons. The summed E-state index contributed by atoms with van der Waals surface area (Å²) in [7, 11) is 3.90. The number of halogens is 1. The molecule has 1 aliphatic heterocycles. The molecule has 0 saturated carbocycles. The van der Waals surface area contributed by atoms with E-state index in [0.29, 0.717) is 6.04 Å². The molecule has 0 amide bonds. The normalized spacial score (nSPS) is 22.1. The molecule has 1 unspecified atom stereocenters. The Morgan fingerprint density at radius 1 is 1.39 bits per heavy atom. The fourth-order valence-corrected chi connectivity index (χ4v) is 2.92. The van der Waals surface area contributed by atoms with Gasteiger partial charge < -0.3 is 9.64 Å². The summed E-state index contributed by atoms with van der Waals surface area (Å²) in [5.41, 5.74) is 1.33. The minimum atomic E-state index is 0.639. The van der Waals surface area contributed by atoms with E-state index in [1.54, 1.807) is 7.11 Å². The van der Waals surface area contributed by atoms with E-state index in [0.717, 1.165) is 36.4 Å². The molecule has 1 aliphatic rings. The monoisotopic (exact) mass is 312 g/mol. The highest BCUT2D eigenvalue weighted by Gasteiger charge is 2.20. The number of hydrogen-bond acceptors (Lipinski definition) is 3. The van der Waals surface area contributed by atoms with Gasteiger partial charge in [0.05, 0.1) is 11.6 Å². The predicted molar refractivity (Wildman–Crippen MR) is 78.1 cm³/mol. The maximum Gasteiger partial charge on any atom is 0.133 e. The first-order valence-electron chi connectivity index (χ1n) is 6.35. The molecule has 0 radical (unpaired) electrons. The van der Waals surface area contributed by atoms with E-state index < -0.39 is 0 Å². The van der Waals surface area contributed by atoms with Crippen LogP contribution in [0.2, 0.25) is 0 Å². The fourth-order valence-electron chi connectivity index (χ4n) is 2.33. The topological polar surface area (TPSA) is 15.7 Å². The summed E-state index contributed by atoms with van der Waals surface area (Å²) >= 11 is 3.54. The molecule has 1 aromatic rings. The van der Waals surface area contributed by atoms with E-state index in [4.69, 9.17) is 4.74 Å². The van der Waals surface area contributed by atoms with Crippen LogP contribution >= 0.6 is 15.9 Å². The Hall–Kier alpha value is -0.580. The zero-order valence-electron chi connectivity index (χ0n) is 11.3. The van der Waals surface area contributed by atoms with Gasteiger partial charge >= 0.3 is 0 Å². The van der Waals surface area contributed by atoms with Crippen molar-refractivity contribution in [2.75, 3.05) is 33.8 Å². The lowest BCUT2D eigenvalue weighted by atomic mass is 10.1. The number of rotatable bonds is 3. The van der Waals surface area contributed by atoms with Gasteiger partial charge in [0, 0.05) is 32.2 Å². The van der Waals surface area contributed by atoms with E-state index in [-0.39, 0.29) is 0 Å². The lowest BCUT2D eigenvalue weighted by Gasteiger charge is -2.37. The Kier molecular flexibility index (Phi) is 4.65. The van der Waals surface area contributed by atoms with Crippen LogP contribution < -0.4 is 4.74 Å². The van der Waals surface area contributed by atoms with E-state index in [1.165, 1.54) is 5.56 Å².